The number of nitrogens with zero attached hydrogens (tertiary/aromatic N) is 9. The summed E-state index contributed by atoms with van der Waals surface area (Å²) >= 11 is 2.72. The summed E-state index contributed by atoms with van der Waals surface area (Å²) in [5, 5.41) is 65.3. The second-order valence-electron chi connectivity index (χ2n) is 11.6. The molecule has 0 amide bonds. The van der Waals surface area contributed by atoms with Gasteiger partial charge in [0.05, 0.1) is 27.9 Å². The summed E-state index contributed by atoms with van der Waals surface area (Å²) in [5.74, 6) is -5.64. The molecule has 3 heterocycles. The van der Waals surface area contributed by atoms with Crippen LogP contribution in [0.3, 0.4) is 0 Å². The molecule has 0 aliphatic carbocycles. The van der Waals surface area contributed by atoms with Crippen LogP contribution in [0.25, 0.3) is 5.95 Å². The number of azo groups is 1. The number of anilines is 5. The van der Waals surface area contributed by atoms with Crippen molar-refractivity contribution in [2.24, 2.45) is 10.2 Å². The summed E-state index contributed by atoms with van der Waals surface area (Å²) in [7, 11) is 0. The van der Waals surface area contributed by atoms with E-state index in [1.54, 1.807) is 0 Å². The van der Waals surface area contributed by atoms with Gasteiger partial charge in [-0.25, -0.2) is 19.2 Å². The second-order valence-corrected chi connectivity index (χ2v) is 14.0. The molecular weight excluding hydrogens is 721 g/mol. The average molecular weight is 749 g/mol. The quantitative estimate of drug-likeness (QED) is 0.0569. The van der Waals surface area contributed by atoms with Crippen molar-refractivity contribution in [1.82, 2.24) is 34.9 Å². The maximum atomic E-state index is 11.7. The van der Waals surface area contributed by atoms with Gasteiger partial charge in [0.25, 0.3) is 11.1 Å². The summed E-state index contributed by atoms with van der Waals surface area (Å²) in [6.07, 6.45) is 0. The lowest BCUT2D eigenvalue weighted by Crippen LogP contribution is -2.15. The van der Waals surface area contributed by atoms with Gasteiger partial charge in [0.1, 0.15) is 0 Å². The Hall–Kier alpha value is -6.55. The SMILES string of the molecule is CCSc1nnc(/N=N/c2c(C(C)(C)C)nn(-c3nc(Nc4cc(C(=O)O)cc(C(=O)O)c4)nc(Nc4cc(C(=O)O)cc(C(=O)O)c4)n3)c2N)s1. The third-order valence-corrected chi connectivity index (χ3v) is 8.51. The first-order valence-electron chi connectivity index (χ1n) is 14.8. The molecule has 0 aliphatic heterocycles. The van der Waals surface area contributed by atoms with Gasteiger partial charge in [0.15, 0.2) is 15.8 Å². The lowest BCUT2D eigenvalue weighted by molar-refractivity contribution is 0.0676. The van der Waals surface area contributed by atoms with Crippen LogP contribution in [-0.4, -0.2) is 85.0 Å². The van der Waals surface area contributed by atoms with E-state index in [1.807, 2.05) is 27.7 Å². The number of aromatic nitrogens is 7. The number of carboxylic acids is 4. The highest BCUT2D eigenvalue weighted by Gasteiger charge is 2.28. The zero-order valence-electron chi connectivity index (χ0n) is 27.5. The molecule has 0 atom stereocenters. The molecule has 5 rings (SSSR count). The van der Waals surface area contributed by atoms with E-state index in [0.717, 1.165) is 46.8 Å². The Bertz CT molecular complexity index is 2100. The lowest BCUT2D eigenvalue weighted by atomic mass is 9.91. The molecule has 0 saturated heterocycles. The Morgan fingerprint density at radius 3 is 1.69 bits per heavy atom. The van der Waals surface area contributed by atoms with Gasteiger partial charge in [-0.1, -0.05) is 50.8 Å². The number of carbonyl (C=O) groups is 4. The van der Waals surface area contributed by atoms with E-state index >= 15 is 0 Å². The van der Waals surface area contributed by atoms with Crippen LogP contribution < -0.4 is 16.4 Å². The van der Waals surface area contributed by atoms with Gasteiger partial charge in [0.2, 0.25) is 11.9 Å². The van der Waals surface area contributed by atoms with Crippen molar-refractivity contribution in [3.8, 4) is 5.95 Å². The molecule has 0 fully saturated rings. The summed E-state index contributed by atoms with van der Waals surface area (Å²) < 4.78 is 1.84. The van der Waals surface area contributed by atoms with Crippen molar-refractivity contribution in [2.45, 2.75) is 37.4 Å². The largest absolute Gasteiger partial charge is 0.478 e. The Balaban J connectivity index is 1.67. The van der Waals surface area contributed by atoms with Gasteiger partial charge in [-0.05, 0) is 42.2 Å². The minimum Gasteiger partial charge on any atom is -0.478 e. The molecule has 3 aromatic heterocycles. The smallest absolute Gasteiger partial charge is 0.335 e. The number of aromatic carboxylic acids is 4. The zero-order chi connectivity index (χ0) is 37.9. The van der Waals surface area contributed by atoms with Crippen LogP contribution in [-0.2, 0) is 5.41 Å². The first kappa shape index (κ1) is 36.7. The lowest BCUT2D eigenvalue weighted by Gasteiger charge is -2.15. The van der Waals surface area contributed by atoms with Crippen molar-refractivity contribution in [3.63, 3.8) is 0 Å². The average Bonchev–Trinajstić information content (AvgIpc) is 3.66. The van der Waals surface area contributed by atoms with Crippen molar-refractivity contribution in [3.05, 3.63) is 64.3 Å². The van der Waals surface area contributed by atoms with E-state index in [9.17, 15) is 39.6 Å². The third-order valence-electron chi connectivity index (χ3n) is 6.68. The molecule has 0 unspecified atom stereocenters. The van der Waals surface area contributed by atoms with E-state index in [-0.39, 0.29) is 68.1 Å². The van der Waals surface area contributed by atoms with Crippen LogP contribution in [0, 0.1) is 0 Å². The molecule has 2 aromatic carbocycles. The van der Waals surface area contributed by atoms with Crippen LogP contribution in [0.5, 0.6) is 0 Å². The van der Waals surface area contributed by atoms with Gasteiger partial charge in [-0.15, -0.1) is 20.4 Å². The fourth-order valence-electron chi connectivity index (χ4n) is 4.42. The van der Waals surface area contributed by atoms with Gasteiger partial charge >= 0.3 is 23.9 Å². The minimum absolute atomic E-state index is 0.0302. The maximum Gasteiger partial charge on any atom is 0.335 e. The number of hydrogen-bond donors (Lipinski definition) is 7. The molecular formula is C30H28N12O8S2. The Kier molecular flexibility index (Phi) is 10.4. The van der Waals surface area contributed by atoms with Crippen molar-refractivity contribution in [2.75, 3.05) is 22.1 Å². The molecule has 0 radical (unpaired) electrons. The van der Waals surface area contributed by atoms with E-state index < -0.39 is 29.3 Å². The fourth-order valence-corrected chi connectivity index (χ4v) is 5.98. The van der Waals surface area contributed by atoms with Crippen LogP contribution in [0.1, 0.15) is 74.8 Å². The molecule has 0 spiro atoms. The summed E-state index contributed by atoms with van der Waals surface area (Å²) in [6.45, 7) is 7.55. The molecule has 5 aromatic rings. The molecule has 268 valence electrons. The fraction of sp³-hybridized carbons (Fsp3) is 0.200. The summed E-state index contributed by atoms with van der Waals surface area (Å²) in [5.41, 5.74) is 5.02. The Morgan fingerprint density at radius 2 is 1.27 bits per heavy atom. The number of thioether (sulfide) groups is 1. The number of benzene rings is 2. The van der Waals surface area contributed by atoms with Crippen LogP contribution >= 0.6 is 23.1 Å². The van der Waals surface area contributed by atoms with E-state index in [1.165, 1.54) is 23.1 Å². The molecule has 22 heteroatoms. The van der Waals surface area contributed by atoms with Crippen LogP contribution in [0.2, 0.25) is 0 Å². The molecule has 0 aliphatic rings. The molecule has 0 saturated carbocycles. The highest BCUT2D eigenvalue weighted by molar-refractivity contribution is 8.01. The van der Waals surface area contributed by atoms with Crippen LogP contribution in [0.15, 0.2) is 51.0 Å². The third kappa shape index (κ3) is 8.42. The number of carboxylic acid groups (broad SMARTS) is 4. The highest BCUT2D eigenvalue weighted by Crippen LogP contribution is 2.38. The van der Waals surface area contributed by atoms with Gasteiger partial charge in [-0.2, -0.15) is 24.7 Å². The second kappa shape index (κ2) is 14.7. The summed E-state index contributed by atoms with van der Waals surface area (Å²) in [4.78, 5) is 60.1. The minimum atomic E-state index is -1.40. The molecule has 20 nitrogen and oxygen atoms in total. The van der Waals surface area contributed by atoms with E-state index in [2.05, 4.69) is 51.1 Å². The first-order chi connectivity index (χ1) is 24.5. The predicted molar refractivity (Wildman–Crippen MR) is 188 cm³/mol. The maximum absolute atomic E-state index is 11.7. The number of rotatable bonds is 13. The van der Waals surface area contributed by atoms with Crippen molar-refractivity contribution < 1.29 is 39.6 Å². The normalized spacial score (nSPS) is 11.5. The first-order valence-corrected chi connectivity index (χ1v) is 16.6. The summed E-state index contributed by atoms with van der Waals surface area (Å²) in [6, 6.07) is 6.54. The molecule has 8 N–H and O–H groups in total. The van der Waals surface area contributed by atoms with Gasteiger partial charge < -0.3 is 36.8 Å². The van der Waals surface area contributed by atoms with E-state index in [4.69, 9.17) is 5.73 Å². The molecule has 0 bridgehead atoms. The Labute approximate surface area is 300 Å². The van der Waals surface area contributed by atoms with Crippen molar-refractivity contribution in [1.29, 1.82) is 0 Å². The zero-order valence-corrected chi connectivity index (χ0v) is 29.1. The number of nitrogen functional groups attached to an aromatic ring is 1. The monoisotopic (exact) mass is 748 g/mol. The van der Waals surface area contributed by atoms with Gasteiger partial charge in [-0.3, -0.25) is 0 Å². The van der Waals surface area contributed by atoms with Gasteiger partial charge in [0, 0.05) is 16.8 Å². The standard InChI is InChI=1S/C30H28N12O8S2/c1-5-51-29-40-39-28(52-29)38-37-18-19(30(2,3)4)41-42(20(18)31)27-35-25(32-16-8-12(21(43)44)6-13(9-16)22(45)46)34-26(36-27)33-17-10-14(23(47)48)7-15(11-17)24(49)50/h6-11H,5,31H2,1-4H3,(H,43,44)(H,45,46)(H,47,48)(H,49,50)(H2,32,33,34,35,36)/b38-37+. The highest BCUT2D eigenvalue weighted by atomic mass is 32.2. The predicted octanol–water partition coefficient (Wildman–Crippen LogP) is 5.60. The number of nitrogens with two attached hydrogens (primary N) is 1. The molecule has 52 heavy (non-hydrogen) atoms. The number of nitrogens with one attached hydrogen (secondary N) is 2. The topological polar surface area (TPSA) is 306 Å². The number of hydrogen-bond acceptors (Lipinski definition) is 17. The van der Waals surface area contributed by atoms with E-state index in [0.29, 0.717) is 10.0 Å². The van der Waals surface area contributed by atoms with Crippen molar-refractivity contribution >= 4 is 86.9 Å². The Morgan fingerprint density at radius 1 is 0.788 bits per heavy atom. The van der Waals surface area contributed by atoms with Crippen LogP contribution in [0.4, 0.5) is 39.9 Å².